The smallest absolute Gasteiger partial charge is 0.326 e. The molecule has 1 fully saturated rings. The van der Waals surface area contributed by atoms with Gasteiger partial charge in [-0.1, -0.05) is 48.5 Å². The van der Waals surface area contributed by atoms with Crippen LogP contribution in [0.25, 0.3) is 0 Å². The Bertz CT molecular complexity index is 1180. The van der Waals surface area contributed by atoms with Crippen molar-refractivity contribution in [3.8, 4) is 11.5 Å². The van der Waals surface area contributed by atoms with E-state index in [-0.39, 0.29) is 16.3 Å². The van der Waals surface area contributed by atoms with Gasteiger partial charge in [0.25, 0.3) is 0 Å². The minimum Gasteiger partial charge on any atom is -0.457 e. The molecule has 0 bridgehead atoms. The Kier molecular flexibility index (Phi) is 5.95. The Hall–Kier alpha value is -3.47. The summed E-state index contributed by atoms with van der Waals surface area (Å²) >= 11 is 0. The Morgan fingerprint density at radius 1 is 0.879 bits per heavy atom. The lowest BCUT2D eigenvalue weighted by molar-refractivity contribution is -0.129. The number of amides is 1. The van der Waals surface area contributed by atoms with E-state index in [2.05, 4.69) is 42.5 Å². The number of carbonyl (C=O) groups is 1. The summed E-state index contributed by atoms with van der Waals surface area (Å²) in [6.45, 7) is 1.05. The predicted molar refractivity (Wildman–Crippen MR) is 133 cm³/mol. The Balaban J connectivity index is 1.32. The first-order valence-electron chi connectivity index (χ1n) is 11.6. The third-order valence-corrected chi connectivity index (χ3v) is 6.37. The number of quaternary nitrogens is 1. The van der Waals surface area contributed by atoms with Gasteiger partial charge < -0.3 is 10.5 Å². The van der Waals surface area contributed by atoms with E-state index in [9.17, 15) is 4.79 Å². The summed E-state index contributed by atoms with van der Waals surface area (Å²) in [7, 11) is 0. The van der Waals surface area contributed by atoms with Crippen molar-refractivity contribution in [1.82, 2.24) is 4.48 Å². The third-order valence-electron chi connectivity index (χ3n) is 6.37. The van der Waals surface area contributed by atoms with Crippen LogP contribution < -0.4 is 15.0 Å². The van der Waals surface area contributed by atoms with Crippen molar-refractivity contribution in [2.75, 3.05) is 13.1 Å². The van der Waals surface area contributed by atoms with E-state index in [4.69, 9.17) is 10.5 Å². The summed E-state index contributed by atoms with van der Waals surface area (Å²) in [4.78, 5) is 13.3. The second-order valence-corrected chi connectivity index (χ2v) is 8.88. The first kappa shape index (κ1) is 21.4. The lowest BCUT2D eigenvalue weighted by atomic mass is 10.1. The molecule has 0 radical (unpaired) electrons. The van der Waals surface area contributed by atoms with Gasteiger partial charge in [-0.3, -0.25) is 0 Å². The fraction of sp³-hybridized carbons (Fsp3) is 0.207. The first-order chi connectivity index (χ1) is 16.2. The van der Waals surface area contributed by atoms with Gasteiger partial charge in [0.05, 0.1) is 5.92 Å². The van der Waals surface area contributed by atoms with E-state index in [0.29, 0.717) is 13.1 Å². The SMILES string of the molecule is NCC1=C[N+](C(=O)C2CC2)(c2ccc(Oc3ccc(Cc4ccccc4)cc3)cc2)CC=C1. The van der Waals surface area contributed by atoms with Crippen LogP contribution in [0, 0.1) is 5.92 Å². The number of carbonyl (C=O) groups excluding carboxylic acids is 1. The van der Waals surface area contributed by atoms with E-state index in [0.717, 1.165) is 42.0 Å². The van der Waals surface area contributed by atoms with Crippen molar-refractivity contribution in [2.45, 2.75) is 19.3 Å². The van der Waals surface area contributed by atoms with Crippen molar-refractivity contribution in [2.24, 2.45) is 11.7 Å². The molecule has 1 atom stereocenters. The average molecular weight is 438 g/mol. The number of nitrogens with zero attached hydrogens (tertiary/aromatic N) is 1. The molecular formula is C29H29N2O2+. The molecule has 3 aromatic carbocycles. The van der Waals surface area contributed by atoms with Crippen molar-refractivity contribution in [3.05, 3.63) is 114 Å². The number of hydrogen-bond donors (Lipinski definition) is 1. The summed E-state index contributed by atoms with van der Waals surface area (Å²) in [5.41, 5.74) is 10.4. The van der Waals surface area contributed by atoms with E-state index < -0.39 is 0 Å². The summed E-state index contributed by atoms with van der Waals surface area (Å²) in [5, 5.41) is 0. The number of rotatable bonds is 7. The molecule has 2 N–H and O–H groups in total. The minimum atomic E-state index is 0.150. The van der Waals surface area contributed by atoms with E-state index in [1.165, 1.54) is 11.1 Å². The lowest BCUT2D eigenvalue weighted by Gasteiger charge is -2.33. The fourth-order valence-corrected chi connectivity index (χ4v) is 4.41. The van der Waals surface area contributed by atoms with Crippen LogP contribution in [0.15, 0.2) is 103 Å². The lowest BCUT2D eigenvalue weighted by Crippen LogP contribution is -2.52. The number of benzene rings is 3. The molecule has 4 heteroatoms. The van der Waals surface area contributed by atoms with Gasteiger partial charge in [-0.15, -0.1) is 0 Å². The number of nitrogens with two attached hydrogens (primary N) is 1. The van der Waals surface area contributed by atoms with Crippen LogP contribution in [-0.2, 0) is 11.2 Å². The van der Waals surface area contributed by atoms with Gasteiger partial charge in [0, 0.05) is 24.3 Å². The Labute approximate surface area is 195 Å². The fourth-order valence-electron chi connectivity index (χ4n) is 4.41. The molecule has 1 saturated carbocycles. The molecule has 2 aliphatic rings. The number of ether oxygens (including phenoxy) is 1. The molecule has 0 spiro atoms. The summed E-state index contributed by atoms with van der Waals surface area (Å²) in [6, 6.07) is 26.5. The zero-order valence-electron chi connectivity index (χ0n) is 18.7. The topological polar surface area (TPSA) is 52.3 Å². The van der Waals surface area contributed by atoms with Crippen molar-refractivity contribution in [3.63, 3.8) is 0 Å². The normalized spacial score (nSPS) is 19.7. The van der Waals surface area contributed by atoms with Crippen LogP contribution in [0.4, 0.5) is 5.69 Å². The zero-order valence-corrected chi connectivity index (χ0v) is 18.7. The highest BCUT2D eigenvalue weighted by molar-refractivity contribution is 5.94. The highest BCUT2D eigenvalue weighted by atomic mass is 16.5. The first-order valence-corrected chi connectivity index (χ1v) is 11.6. The summed E-state index contributed by atoms with van der Waals surface area (Å²) in [5.74, 6) is 1.95. The van der Waals surface area contributed by atoms with Crippen LogP contribution in [-0.4, -0.2) is 19.0 Å². The largest absolute Gasteiger partial charge is 0.457 e. The molecule has 1 heterocycles. The molecule has 3 aromatic rings. The van der Waals surface area contributed by atoms with Crippen LogP contribution in [0.5, 0.6) is 11.5 Å². The molecule has 5 rings (SSSR count). The molecule has 1 aliphatic heterocycles. The standard InChI is InChI=1S/C29H29N2O2/c30-20-24-7-4-18-31(21-24,29(32)25-10-11-25)26-12-16-28(17-13-26)33-27-14-8-23(9-15-27)19-22-5-2-1-3-6-22/h1-9,12-17,21,25H,10-11,18-20,30H2/q+1. The molecule has 4 nitrogen and oxygen atoms in total. The minimum absolute atomic E-state index is 0.150. The maximum atomic E-state index is 13.3. The van der Waals surface area contributed by atoms with E-state index >= 15 is 0 Å². The van der Waals surface area contributed by atoms with Crippen LogP contribution in [0.2, 0.25) is 0 Å². The highest BCUT2D eigenvalue weighted by Crippen LogP contribution is 2.39. The van der Waals surface area contributed by atoms with Crippen LogP contribution in [0.3, 0.4) is 0 Å². The summed E-state index contributed by atoms with van der Waals surface area (Å²) < 4.78 is 6.29. The van der Waals surface area contributed by atoms with Gasteiger partial charge in [-0.2, -0.15) is 4.48 Å². The van der Waals surface area contributed by atoms with Crippen molar-refractivity contribution < 1.29 is 9.53 Å². The highest BCUT2D eigenvalue weighted by Gasteiger charge is 2.47. The zero-order chi connectivity index (χ0) is 22.7. The molecule has 166 valence electrons. The van der Waals surface area contributed by atoms with Gasteiger partial charge in [0.15, 0.2) is 0 Å². The third kappa shape index (κ3) is 4.68. The van der Waals surface area contributed by atoms with E-state index in [1.54, 1.807) is 0 Å². The van der Waals surface area contributed by atoms with Gasteiger partial charge in [-0.25, -0.2) is 4.79 Å². The maximum Gasteiger partial charge on any atom is 0.326 e. The van der Waals surface area contributed by atoms with Gasteiger partial charge >= 0.3 is 5.91 Å². The van der Waals surface area contributed by atoms with Crippen molar-refractivity contribution >= 4 is 11.6 Å². The molecular weight excluding hydrogens is 408 g/mol. The van der Waals surface area contributed by atoms with Gasteiger partial charge in [0.1, 0.15) is 29.9 Å². The molecule has 33 heavy (non-hydrogen) atoms. The monoisotopic (exact) mass is 437 g/mol. The quantitative estimate of drug-likeness (QED) is 0.481. The summed E-state index contributed by atoms with van der Waals surface area (Å²) in [6.07, 6.45) is 8.98. The van der Waals surface area contributed by atoms with Gasteiger partial charge in [-0.05, 0) is 60.7 Å². The maximum absolute atomic E-state index is 13.3. The van der Waals surface area contributed by atoms with Crippen LogP contribution >= 0.6 is 0 Å². The second kappa shape index (κ2) is 9.18. The predicted octanol–water partition coefficient (Wildman–Crippen LogP) is 5.73. The molecule has 1 unspecified atom stereocenters. The molecule has 0 saturated heterocycles. The van der Waals surface area contributed by atoms with Gasteiger partial charge in [0.2, 0.25) is 0 Å². The van der Waals surface area contributed by atoms with Crippen molar-refractivity contribution in [1.29, 1.82) is 0 Å². The average Bonchev–Trinajstić information content (AvgIpc) is 3.71. The van der Waals surface area contributed by atoms with Crippen LogP contribution in [0.1, 0.15) is 24.0 Å². The Morgan fingerprint density at radius 2 is 1.52 bits per heavy atom. The molecule has 0 aromatic heterocycles. The molecule has 1 amide bonds. The number of hydrogen-bond acceptors (Lipinski definition) is 3. The Morgan fingerprint density at radius 3 is 2.15 bits per heavy atom. The second-order valence-electron chi connectivity index (χ2n) is 8.88. The van der Waals surface area contributed by atoms with E-state index in [1.807, 2.05) is 54.7 Å². The molecule has 1 aliphatic carbocycles.